The summed E-state index contributed by atoms with van der Waals surface area (Å²) in [6.07, 6.45) is 0. The molecule has 0 aliphatic carbocycles. The van der Waals surface area contributed by atoms with Gasteiger partial charge in [-0.25, -0.2) is 10.8 Å². The molecule has 6 heteroatoms. The highest BCUT2D eigenvalue weighted by atomic mass is 79.9. The van der Waals surface area contributed by atoms with Crippen LogP contribution in [-0.4, -0.2) is 9.97 Å². The lowest BCUT2D eigenvalue weighted by Gasteiger charge is -2.11. The van der Waals surface area contributed by atoms with Gasteiger partial charge in [0.15, 0.2) is 0 Å². The van der Waals surface area contributed by atoms with Crippen molar-refractivity contribution in [3.05, 3.63) is 53.0 Å². The van der Waals surface area contributed by atoms with Crippen molar-refractivity contribution in [2.45, 2.75) is 0 Å². The van der Waals surface area contributed by atoms with E-state index in [1.807, 2.05) is 48.5 Å². The number of nitrogen functional groups attached to an aromatic ring is 1. The van der Waals surface area contributed by atoms with Crippen molar-refractivity contribution in [1.82, 2.24) is 9.97 Å². The van der Waals surface area contributed by atoms with Crippen molar-refractivity contribution < 1.29 is 0 Å². The van der Waals surface area contributed by atoms with E-state index in [9.17, 15) is 0 Å². The number of nitrogens with one attached hydrogen (secondary N) is 2. The SMILES string of the molecule is NNc1nc(Nc2ccccc2Br)c2ccccc2n1. The van der Waals surface area contributed by atoms with Crippen molar-refractivity contribution >= 4 is 44.3 Å². The van der Waals surface area contributed by atoms with E-state index < -0.39 is 0 Å². The first-order valence-electron chi connectivity index (χ1n) is 6.03. The van der Waals surface area contributed by atoms with Crippen LogP contribution in [0.2, 0.25) is 0 Å². The third-order valence-electron chi connectivity index (χ3n) is 2.86. The Bertz CT molecular complexity index is 759. The smallest absolute Gasteiger partial charge is 0.239 e. The second kappa shape index (κ2) is 5.44. The van der Waals surface area contributed by atoms with E-state index >= 15 is 0 Å². The maximum atomic E-state index is 5.42. The number of hydrazine groups is 1. The number of nitrogens with two attached hydrogens (primary N) is 1. The number of hydrogen-bond acceptors (Lipinski definition) is 5. The highest BCUT2D eigenvalue weighted by Crippen LogP contribution is 2.28. The van der Waals surface area contributed by atoms with Crippen molar-refractivity contribution in [3.63, 3.8) is 0 Å². The highest BCUT2D eigenvalue weighted by Gasteiger charge is 2.08. The summed E-state index contributed by atoms with van der Waals surface area (Å²) in [7, 11) is 0. The molecule has 0 fully saturated rings. The van der Waals surface area contributed by atoms with Gasteiger partial charge in [0, 0.05) is 9.86 Å². The minimum atomic E-state index is 0.373. The van der Waals surface area contributed by atoms with Crippen molar-refractivity contribution in [3.8, 4) is 0 Å². The molecule has 0 aliphatic rings. The zero-order valence-electron chi connectivity index (χ0n) is 10.5. The molecule has 1 aromatic heterocycles. The van der Waals surface area contributed by atoms with Gasteiger partial charge in [-0.15, -0.1) is 0 Å². The first-order chi connectivity index (χ1) is 9.78. The molecule has 20 heavy (non-hydrogen) atoms. The van der Waals surface area contributed by atoms with Crippen LogP contribution in [-0.2, 0) is 0 Å². The maximum absolute atomic E-state index is 5.42. The van der Waals surface area contributed by atoms with Gasteiger partial charge in [-0.05, 0) is 40.2 Å². The molecule has 0 spiro atoms. The Morgan fingerprint density at radius 2 is 1.70 bits per heavy atom. The molecule has 0 radical (unpaired) electrons. The van der Waals surface area contributed by atoms with Gasteiger partial charge in [-0.3, -0.25) is 5.43 Å². The molecule has 3 aromatic rings. The van der Waals surface area contributed by atoms with E-state index in [-0.39, 0.29) is 0 Å². The van der Waals surface area contributed by atoms with Crippen LogP contribution in [0.3, 0.4) is 0 Å². The normalized spacial score (nSPS) is 10.5. The fraction of sp³-hybridized carbons (Fsp3) is 0. The van der Waals surface area contributed by atoms with Gasteiger partial charge in [-0.2, -0.15) is 4.98 Å². The zero-order chi connectivity index (χ0) is 13.9. The molecule has 0 aliphatic heterocycles. The lowest BCUT2D eigenvalue weighted by atomic mass is 10.2. The van der Waals surface area contributed by atoms with Gasteiger partial charge in [-0.1, -0.05) is 24.3 Å². The van der Waals surface area contributed by atoms with E-state index in [4.69, 9.17) is 5.84 Å². The average Bonchev–Trinajstić information content (AvgIpc) is 2.49. The molecular weight excluding hydrogens is 318 g/mol. The third-order valence-corrected chi connectivity index (χ3v) is 3.55. The van der Waals surface area contributed by atoms with Gasteiger partial charge >= 0.3 is 0 Å². The third kappa shape index (κ3) is 2.43. The standard InChI is InChI=1S/C14H12BrN5/c15-10-6-2-4-8-12(10)17-13-9-5-1-3-7-11(9)18-14(19-13)20-16/h1-8H,16H2,(H2,17,18,19,20). The lowest BCUT2D eigenvalue weighted by Crippen LogP contribution is -2.11. The molecule has 0 unspecified atom stereocenters. The maximum Gasteiger partial charge on any atom is 0.239 e. The summed E-state index contributed by atoms with van der Waals surface area (Å²) in [5.41, 5.74) is 4.24. The Labute approximate surface area is 124 Å². The number of aromatic nitrogens is 2. The summed E-state index contributed by atoms with van der Waals surface area (Å²) in [6.45, 7) is 0. The van der Waals surface area contributed by atoms with Crippen LogP contribution < -0.4 is 16.6 Å². The van der Waals surface area contributed by atoms with Crippen LogP contribution in [0, 0.1) is 0 Å². The molecule has 100 valence electrons. The summed E-state index contributed by atoms with van der Waals surface area (Å²) >= 11 is 3.51. The minimum absolute atomic E-state index is 0.373. The van der Waals surface area contributed by atoms with E-state index in [2.05, 4.69) is 36.6 Å². The fourth-order valence-corrected chi connectivity index (χ4v) is 2.31. The second-order valence-corrected chi connectivity index (χ2v) is 5.02. The molecule has 5 nitrogen and oxygen atoms in total. The Morgan fingerprint density at radius 3 is 2.50 bits per heavy atom. The molecule has 0 atom stereocenters. The first kappa shape index (κ1) is 12.8. The quantitative estimate of drug-likeness (QED) is 0.507. The number of rotatable bonds is 3. The molecule has 0 bridgehead atoms. The minimum Gasteiger partial charge on any atom is -0.339 e. The molecule has 3 rings (SSSR count). The Hall–Kier alpha value is -2.18. The number of fused-ring (bicyclic) bond motifs is 1. The molecule has 0 saturated heterocycles. The van der Waals surface area contributed by atoms with Crippen LogP contribution in [0.5, 0.6) is 0 Å². The first-order valence-corrected chi connectivity index (χ1v) is 6.82. The Kier molecular flexibility index (Phi) is 3.49. The number of halogens is 1. The molecule has 4 N–H and O–H groups in total. The van der Waals surface area contributed by atoms with E-state index in [1.165, 1.54) is 0 Å². The van der Waals surface area contributed by atoms with Crippen LogP contribution in [0.15, 0.2) is 53.0 Å². The largest absolute Gasteiger partial charge is 0.339 e. The van der Waals surface area contributed by atoms with Crippen LogP contribution in [0.4, 0.5) is 17.5 Å². The Morgan fingerprint density at radius 1 is 0.950 bits per heavy atom. The van der Waals surface area contributed by atoms with E-state index in [0.29, 0.717) is 11.8 Å². The molecule has 1 heterocycles. The number of benzene rings is 2. The van der Waals surface area contributed by atoms with E-state index in [1.54, 1.807) is 0 Å². The summed E-state index contributed by atoms with van der Waals surface area (Å²) in [4.78, 5) is 8.70. The summed E-state index contributed by atoms with van der Waals surface area (Å²) in [5.74, 6) is 6.50. The van der Waals surface area contributed by atoms with Crippen LogP contribution in [0.1, 0.15) is 0 Å². The molecule has 0 saturated carbocycles. The van der Waals surface area contributed by atoms with Crippen LogP contribution in [0.25, 0.3) is 10.9 Å². The summed E-state index contributed by atoms with van der Waals surface area (Å²) in [5, 5.41) is 4.23. The van der Waals surface area contributed by atoms with Gasteiger partial charge in [0.25, 0.3) is 0 Å². The predicted molar refractivity (Wildman–Crippen MR) is 84.8 cm³/mol. The van der Waals surface area contributed by atoms with Gasteiger partial charge in [0.2, 0.25) is 5.95 Å². The number of hydrogen-bond donors (Lipinski definition) is 3. The molecule has 0 amide bonds. The zero-order valence-corrected chi connectivity index (χ0v) is 12.1. The second-order valence-electron chi connectivity index (χ2n) is 4.16. The van der Waals surface area contributed by atoms with Gasteiger partial charge in [0.05, 0.1) is 11.2 Å². The van der Waals surface area contributed by atoms with Gasteiger partial charge in [0.1, 0.15) is 5.82 Å². The molecular formula is C14H12BrN5. The summed E-state index contributed by atoms with van der Waals surface area (Å²) in [6, 6.07) is 15.6. The Balaban J connectivity index is 2.13. The number of para-hydroxylation sites is 2. The van der Waals surface area contributed by atoms with E-state index in [0.717, 1.165) is 21.1 Å². The predicted octanol–water partition coefficient (Wildman–Crippen LogP) is 3.42. The van der Waals surface area contributed by atoms with Crippen molar-refractivity contribution in [2.75, 3.05) is 10.7 Å². The number of anilines is 3. The van der Waals surface area contributed by atoms with Crippen LogP contribution >= 0.6 is 15.9 Å². The van der Waals surface area contributed by atoms with Gasteiger partial charge < -0.3 is 5.32 Å². The van der Waals surface area contributed by atoms with Crippen molar-refractivity contribution in [1.29, 1.82) is 0 Å². The monoisotopic (exact) mass is 329 g/mol. The fourth-order valence-electron chi connectivity index (χ4n) is 1.93. The average molecular weight is 330 g/mol. The van der Waals surface area contributed by atoms with Crippen molar-refractivity contribution in [2.24, 2.45) is 5.84 Å². The molecule has 2 aromatic carbocycles. The highest BCUT2D eigenvalue weighted by molar-refractivity contribution is 9.10. The summed E-state index contributed by atoms with van der Waals surface area (Å²) < 4.78 is 0.963. The lowest BCUT2D eigenvalue weighted by molar-refractivity contribution is 1.15. The number of nitrogens with zero attached hydrogens (tertiary/aromatic N) is 2. The topological polar surface area (TPSA) is 75.9 Å².